The summed E-state index contributed by atoms with van der Waals surface area (Å²) in [6.07, 6.45) is -0.221. The molecule has 1 aromatic carbocycles. The van der Waals surface area contributed by atoms with Gasteiger partial charge in [0.1, 0.15) is 5.75 Å². The summed E-state index contributed by atoms with van der Waals surface area (Å²) in [7, 11) is -4.52. The molecule has 0 fully saturated rings. The van der Waals surface area contributed by atoms with E-state index in [1.165, 1.54) is 0 Å². The van der Waals surface area contributed by atoms with Crippen LogP contribution in [-0.2, 0) is 21.8 Å². The zero-order valence-corrected chi connectivity index (χ0v) is 15.3. The molecule has 0 aliphatic rings. The number of hydrogen-bond donors (Lipinski definition) is 1. The number of hydrogen-bond acceptors (Lipinski definition) is 4. The Morgan fingerprint density at radius 2 is 1.36 bits per heavy atom. The molecule has 6 heteroatoms. The fraction of sp³-hybridized carbons (Fsp3) is 0.625. The number of aromatic hydroxyl groups is 1. The molecule has 0 unspecified atom stereocenters. The van der Waals surface area contributed by atoms with Gasteiger partial charge in [0.05, 0.1) is 0 Å². The predicted octanol–water partition coefficient (Wildman–Crippen LogP) is 2.06. The van der Waals surface area contributed by atoms with Crippen molar-refractivity contribution in [2.24, 2.45) is 0 Å². The van der Waals surface area contributed by atoms with Crippen molar-refractivity contribution in [3.8, 4) is 5.75 Å². The van der Waals surface area contributed by atoms with Gasteiger partial charge in [-0.3, -0.25) is 0 Å². The van der Waals surface area contributed by atoms with E-state index < -0.39 is 13.8 Å². The van der Waals surface area contributed by atoms with Gasteiger partial charge < -0.3 is 19.5 Å². The van der Waals surface area contributed by atoms with Gasteiger partial charge in [0.15, 0.2) is 0 Å². The molecule has 22 heavy (non-hydrogen) atoms. The second-order valence-electron chi connectivity index (χ2n) is 7.62. The van der Waals surface area contributed by atoms with Gasteiger partial charge in [0.2, 0.25) is 0 Å². The number of phenols is 1. The normalized spacial score (nSPS) is 12.9. The van der Waals surface area contributed by atoms with Gasteiger partial charge in [-0.25, -0.2) is 0 Å². The van der Waals surface area contributed by atoms with Gasteiger partial charge in [0.25, 0.3) is 0 Å². The van der Waals surface area contributed by atoms with Crippen molar-refractivity contribution < 1.29 is 19.5 Å². The second kappa shape index (κ2) is 6.84. The Balaban J connectivity index is 0.00000441. The molecule has 1 aromatic rings. The molecule has 0 aliphatic heterocycles. The smallest absolute Gasteiger partial charge is 0.811 e. The molecule has 0 aliphatic carbocycles. The summed E-state index contributed by atoms with van der Waals surface area (Å²) in [6.45, 7) is 11.9. The summed E-state index contributed by atoms with van der Waals surface area (Å²) >= 11 is 0. The first kappa shape index (κ1) is 21.3. The van der Waals surface area contributed by atoms with Crippen molar-refractivity contribution in [1.29, 1.82) is 0 Å². The van der Waals surface area contributed by atoms with E-state index in [1.54, 1.807) is 12.1 Å². The molecule has 1 N–H and O–H groups in total. The van der Waals surface area contributed by atoms with Crippen LogP contribution < -0.4 is 9.79 Å². The van der Waals surface area contributed by atoms with Gasteiger partial charge in [-0.2, -0.15) is 0 Å². The molecule has 0 heterocycles. The van der Waals surface area contributed by atoms with Crippen LogP contribution in [0.3, 0.4) is 0 Å². The number of benzene rings is 1. The standard InChI is InChI=1S/C16H27O4P.Be/c1-15(2,3)12-9-11(7-8-21(18,19)20)10-13(14(12)17)16(4,5)6;/h9-10,17H,7-8H2,1-6H3,(H2,18,19,20);/q;+2/p-2. The van der Waals surface area contributed by atoms with E-state index in [1.807, 2.05) is 41.5 Å². The van der Waals surface area contributed by atoms with Crippen LogP contribution in [0.2, 0.25) is 0 Å². The van der Waals surface area contributed by atoms with E-state index >= 15 is 0 Å². The third-order valence-corrected chi connectivity index (χ3v) is 4.23. The van der Waals surface area contributed by atoms with E-state index in [2.05, 4.69) is 0 Å². The van der Waals surface area contributed by atoms with Crippen molar-refractivity contribution in [1.82, 2.24) is 0 Å². The molecule has 0 radical (unpaired) electrons. The van der Waals surface area contributed by atoms with Crippen molar-refractivity contribution >= 4 is 17.7 Å². The minimum Gasteiger partial charge on any atom is -0.811 e. The number of phenolic OH excluding ortho intramolecular Hbond substituents is 1. The van der Waals surface area contributed by atoms with Crippen molar-refractivity contribution in [3.63, 3.8) is 0 Å². The Morgan fingerprint density at radius 3 is 1.64 bits per heavy atom. The van der Waals surface area contributed by atoms with Crippen LogP contribution in [0.25, 0.3) is 0 Å². The van der Waals surface area contributed by atoms with Crippen LogP contribution >= 0.6 is 7.60 Å². The maximum absolute atomic E-state index is 10.9. The molecule has 0 saturated carbocycles. The van der Waals surface area contributed by atoms with E-state index in [0.29, 0.717) is 0 Å². The fourth-order valence-electron chi connectivity index (χ4n) is 2.25. The van der Waals surface area contributed by atoms with Crippen LogP contribution in [0.15, 0.2) is 12.1 Å². The minimum absolute atomic E-state index is 0. The first-order valence-electron chi connectivity index (χ1n) is 7.10. The Morgan fingerprint density at radius 1 is 1.00 bits per heavy atom. The summed E-state index contributed by atoms with van der Waals surface area (Å²) < 4.78 is 10.9. The first-order valence-corrected chi connectivity index (χ1v) is 8.82. The molecule has 0 saturated heterocycles. The average molecular weight is 321 g/mol. The topological polar surface area (TPSA) is 83.4 Å². The molecule has 4 nitrogen and oxygen atoms in total. The summed E-state index contributed by atoms with van der Waals surface area (Å²) in [5.74, 6) is 0.256. The summed E-state index contributed by atoms with van der Waals surface area (Å²) in [5, 5.41) is 10.5. The average Bonchev–Trinajstić information content (AvgIpc) is 2.23. The largest absolute Gasteiger partial charge is 2.00 e. The number of rotatable bonds is 3. The Hall–Kier alpha value is -0.661. The third-order valence-electron chi connectivity index (χ3n) is 3.46. The second-order valence-corrected chi connectivity index (χ2v) is 9.29. The van der Waals surface area contributed by atoms with Crippen LogP contribution in [0, 0.1) is 0 Å². The van der Waals surface area contributed by atoms with Crippen LogP contribution in [0.5, 0.6) is 5.75 Å². The fourth-order valence-corrected chi connectivity index (χ4v) is 2.78. The predicted molar refractivity (Wildman–Crippen MR) is 87.4 cm³/mol. The van der Waals surface area contributed by atoms with Crippen LogP contribution in [-0.4, -0.2) is 21.4 Å². The molecule has 120 valence electrons. The Labute approximate surface area is 137 Å². The molecular formula is C16H25BeO4P. The van der Waals surface area contributed by atoms with E-state index in [0.717, 1.165) is 16.7 Å². The monoisotopic (exact) mass is 321 g/mol. The van der Waals surface area contributed by atoms with Gasteiger partial charge >= 0.3 is 10.1 Å². The zero-order chi connectivity index (χ0) is 16.6. The van der Waals surface area contributed by atoms with E-state index in [4.69, 9.17) is 0 Å². The minimum atomic E-state index is -4.52. The van der Waals surface area contributed by atoms with Gasteiger partial charge in [-0.15, -0.1) is 0 Å². The summed E-state index contributed by atoms with van der Waals surface area (Å²) in [5.41, 5.74) is 1.79. The molecule has 0 aromatic heterocycles. The summed E-state index contributed by atoms with van der Waals surface area (Å²) in [4.78, 5) is 21.7. The third kappa shape index (κ3) is 5.85. The first-order chi connectivity index (χ1) is 9.22. The van der Waals surface area contributed by atoms with Crippen LogP contribution in [0.1, 0.15) is 58.2 Å². The van der Waals surface area contributed by atoms with Crippen LogP contribution in [0.4, 0.5) is 0 Å². The molecule has 1 rings (SSSR count). The number of aryl methyl sites for hydroxylation is 1. The van der Waals surface area contributed by atoms with Gasteiger partial charge in [0, 0.05) is 0 Å². The van der Waals surface area contributed by atoms with E-state index in [-0.39, 0.29) is 33.1 Å². The van der Waals surface area contributed by atoms with Crippen molar-refractivity contribution in [2.45, 2.75) is 58.8 Å². The Bertz CT molecular complexity index is 529. The van der Waals surface area contributed by atoms with Crippen molar-refractivity contribution in [3.05, 3.63) is 28.8 Å². The molecule has 0 spiro atoms. The Kier molecular flexibility index (Phi) is 6.64. The zero-order valence-electron chi connectivity index (χ0n) is 14.4. The van der Waals surface area contributed by atoms with Gasteiger partial charge in [-0.1, -0.05) is 61.3 Å². The maximum atomic E-state index is 10.9. The van der Waals surface area contributed by atoms with Gasteiger partial charge in [-0.05, 0) is 40.1 Å². The quantitative estimate of drug-likeness (QED) is 0.682. The summed E-state index contributed by atoms with van der Waals surface area (Å²) in [6, 6.07) is 3.61. The molecule has 0 amide bonds. The molecular weight excluding hydrogens is 296 g/mol. The maximum Gasteiger partial charge on any atom is 2.00 e. The van der Waals surface area contributed by atoms with E-state index in [9.17, 15) is 19.5 Å². The molecule has 0 bridgehead atoms. The SMILES string of the molecule is CC(C)(C)c1cc(CCP(=O)([O-])[O-])cc(C(C)(C)C)c1O.[Be+2]. The van der Waals surface area contributed by atoms with Crippen molar-refractivity contribution in [2.75, 3.05) is 6.16 Å². The molecule has 0 atom stereocenters.